The second-order valence-corrected chi connectivity index (χ2v) is 8.67. The Kier molecular flexibility index (Phi) is 9.80. The Morgan fingerprint density at radius 2 is 1.91 bits per heavy atom. The van der Waals surface area contributed by atoms with Crippen molar-refractivity contribution in [2.24, 2.45) is 0 Å². The van der Waals surface area contributed by atoms with Gasteiger partial charge in [-0.05, 0) is 56.0 Å². The number of hydrogen-bond donors (Lipinski definition) is 3. The molecule has 2 atom stereocenters. The van der Waals surface area contributed by atoms with Crippen LogP contribution < -0.4 is 10.1 Å². The van der Waals surface area contributed by atoms with Crippen LogP contribution in [0.1, 0.15) is 49.0 Å². The smallest absolute Gasteiger partial charge is 0.305 e. The van der Waals surface area contributed by atoms with Gasteiger partial charge in [0.15, 0.2) is 0 Å². The summed E-state index contributed by atoms with van der Waals surface area (Å²) < 4.78 is 6.53. The summed E-state index contributed by atoms with van der Waals surface area (Å²) in [6.07, 6.45) is -0.339. The van der Waals surface area contributed by atoms with Gasteiger partial charge in [0.25, 0.3) is 5.69 Å². The predicted octanol–water partition coefficient (Wildman–Crippen LogP) is 4.08. The van der Waals surface area contributed by atoms with E-state index in [9.17, 15) is 24.8 Å². The highest BCUT2D eigenvalue weighted by Crippen LogP contribution is 2.32. The zero-order valence-corrected chi connectivity index (χ0v) is 20.0. The Bertz CT molecular complexity index is 993. The molecule has 0 aliphatic carbocycles. The van der Waals surface area contributed by atoms with Gasteiger partial charge < -0.3 is 20.3 Å². The zero-order chi connectivity index (χ0) is 24.5. The number of rotatable bonds is 12. The molecule has 33 heavy (non-hydrogen) atoms. The second-order valence-electron chi connectivity index (χ2n) is 7.75. The number of carboxylic acid groups (broad SMARTS) is 1. The Labute approximate surface area is 200 Å². The number of benzene rings is 2. The second kappa shape index (κ2) is 12.3. The molecule has 178 valence electrons. The molecule has 3 N–H and O–H groups in total. The fourth-order valence-corrected chi connectivity index (χ4v) is 3.62. The van der Waals surface area contributed by atoms with E-state index in [-0.39, 0.29) is 36.6 Å². The molecule has 0 radical (unpaired) electrons. The standard InChI is InChI=1S/C23H27BrN2O7/c1-14-10-19(15(2)27)20(26(31)32)13-21(14)33-9-3-4-22(28)25-18(12-23(29)30)11-16-5-7-17(24)8-6-16/h5-8,10,13,15,18,27H,3-4,9,11-12H2,1-2H3,(H,25,28)(H,29,30)/t15?,18-/m0/s1. The first-order valence-electron chi connectivity index (χ1n) is 10.4. The number of carbonyl (C=O) groups is 2. The maximum Gasteiger partial charge on any atom is 0.305 e. The number of hydrogen-bond acceptors (Lipinski definition) is 6. The van der Waals surface area contributed by atoms with E-state index in [1.54, 1.807) is 6.92 Å². The average Bonchev–Trinajstić information content (AvgIpc) is 2.72. The average molecular weight is 523 g/mol. The molecular formula is C23H27BrN2O7. The van der Waals surface area contributed by atoms with E-state index in [2.05, 4.69) is 21.2 Å². The summed E-state index contributed by atoms with van der Waals surface area (Å²) in [6, 6.07) is 9.68. The molecule has 10 heteroatoms. The molecule has 0 aliphatic rings. The van der Waals surface area contributed by atoms with Crippen molar-refractivity contribution in [3.05, 3.63) is 67.7 Å². The lowest BCUT2D eigenvalue weighted by atomic mass is 10.0. The number of nitrogens with zero attached hydrogens (tertiary/aromatic N) is 1. The Morgan fingerprint density at radius 3 is 2.48 bits per heavy atom. The molecule has 0 saturated heterocycles. The fraction of sp³-hybridized carbons (Fsp3) is 0.391. The van der Waals surface area contributed by atoms with Crippen LogP contribution in [0.4, 0.5) is 5.69 Å². The summed E-state index contributed by atoms with van der Waals surface area (Å²) in [5.74, 6) is -0.988. The van der Waals surface area contributed by atoms with Crippen LogP contribution >= 0.6 is 15.9 Å². The third-order valence-corrected chi connectivity index (χ3v) is 5.49. The monoisotopic (exact) mass is 522 g/mol. The van der Waals surface area contributed by atoms with Crippen molar-refractivity contribution in [2.45, 2.75) is 51.7 Å². The van der Waals surface area contributed by atoms with E-state index in [4.69, 9.17) is 9.84 Å². The summed E-state index contributed by atoms with van der Waals surface area (Å²) in [5.41, 5.74) is 1.52. The summed E-state index contributed by atoms with van der Waals surface area (Å²) >= 11 is 3.35. The number of nitrogens with one attached hydrogen (secondary N) is 1. The maximum atomic E-state index is 12.3. The minimum Gasteiger partial charge on any atom is -0.493 e. The van der Waals surface area contributed by atoms with Crippen LogP contribution in [0.25, 0.3) is 0 Å². The van der Waals surface area contributed by atoms with Gasteiger partial charge in [-0.25, -0.2) is 0 Å². The molecule has 9 nitrogen and oxygen atoms in total. The summed E-state index contributed by atoms with van der Waals surface area (Å²) in [4.78, 5) is 34.2. The van der Waals surface area contributed by atoms with Gasteiger partial charge in [0.05, 0.1) is 35.7 Å². The van der Waals surface area contributed by atoms with Crippen molar-refractivity contribution in [3.63, 3.8) is 0 Å². The fourth-order valence-electron chi connectivity index (χ4n) is 3.35. The molecule has 0 heterocycles. The van der Waals surface area contributed by atoms with Crippen LogP contribution in [-0.2, 0) is 16.0 Å². The number of ether oxygens (including phenoxy) is 1. The van der Waals surface area contributed by atoms with Crippen LogP contribution in [0.2, 0.25) is 0 Å². The molecule has 0 fully saturated rings. The highest BCUT2D eigenvalue weighted by molar-refractivity contribution is 9.10. The molecule has 1 amide bonds. The molecule has 0 bridgehead atoms. The third kappa shape index (κ3) is 8.47. The van der Waals surface area contributed by atoms with Gasteiger partial charge in [-0.2, -0.15) is 0 Å². The van der Waals surface area contributed by atoms with E-state index in [0.717, 1.165) is 10.0 Å². The number of nitro groups is 1. The van der Waals surface area contributed by atoms with Crippen LogP contribution in [0.15, 0.2) is 40.9 Å². The molecule has 0 aliphatic heterocycles. The molecule has 0 aromatic heterocycles. The molecule has 2 rings (SSSR count). The van der Waals surface area contributed by atoms with Gasteiger partial charge in [-0.15, -0.1) is 0 Å². The van der Waals surface area contributed by atoms with E-state index in [1.165, 1.54) is 19.1 Å². The largest absolute Gasteiger partial charge is 0.493 e. The topological polar surface area (TPSA) is 139 Å². The first kappa shape index (κ1) is 26.3. The quantitative estimate of drug-likeness (QED) is 0.216. The number of aryl methyl sites for hydroxylation is 1. The van der Waals surface area contributed by atoms with E-state index in [0.29, 0.717) is 24.2 Å². The number of aliphatic carboxylic acids is 1. The van der Waals surface area contributed by atoms with Crippen molar-refractivity contribution < 1.29 is 29.5 Å². The van der Waals surface area contributed by atoms with Gasteiger partial charge in [0, 0.05) is 16.9 Å². The van der Waals surface area contributed by atoms with Gasteiger partial charge >= 0.3 is 5.97 Å². The van der Waals surface area contributed by atoms with Crippen molar-refractivity contribution >= 4 is 33.5 Å². The minimum absolute atomic E-state index is 0.114. The molecule has 0 saturated carbocycles. The number of carbonyl (C=O) groups excluding carboxylic acids is 1. The van der Waals surface area contributed by atoms with Crippen LogP contribution in [0.5, 0.6) is 5.75 Å². The Balaban J connectivity index is 1.90. The Morgan fingerprint density at radius 1 is 1.24 bits per heavy atom. The summed E-state index contributed by atoms with van der Waals surface area (Å²) in [5, 5.41) is 32.9. The van der Waals surface area contributed by atoms with E-state index in [1.807, 2.05) is 24.3 Å². The lowest BCUT2D eigenvalue weighted by molar-refractivity contribution is -0.386. The van der Waals surface area contributed by atoms with Crippen LogP contribution in [-0.4, -0.2) is 39.7 Å². The number of halogens is 1. The third-order valence-electron chi connectivity index (χ3n) is 4.96. The molecular weight excluding hydrogens is 496 g/mol. The van der Waals surface area contributed by atoms with Crippen molar-refractivity contribution in [1.29, 1.82) is 0 Å². The van der Waals surface area contributed by atoms with Gasteiger partial charge in [0.2, 0.25) is 5.91 Å². The lowest BCUT2D eigenvalue weighted by Crippen LogP contribution is -2.38. The number of aliphatic hydroxyl groups is 1. The number of aliphatic hydroxyl groups excluding tert-OH is 1. The van der Waals surface area contributed by atoms with Gasteiger partial charge in [-0.1, -0.05) is 28.1 Å². The van der Waals surface area contributed by atoms with Crippen LogP contribution in [0.3, 0.4) is 0 Å². The maximum absolute atomic E-state index is 12.3. The van der Waals surface area contributed by atoms with Gasteiger partial charge in [-0.3, -0.25) is 19.7 Å². The summed E-state index contributed by atoms with van der Waals surface area (Å²) in [7, 11) is 0. The zero-order valence-electron chi connectivity index (χ0n) is 18.4. The van der Waals surface area contributed by atoms with Crippen molar-refractivity contribution in [1.82, 2.24) is 5.32 Å². The number of nitro benzene ring substituents is 1. The highest BCUT2D eigenvalue weighted by atomic mass is 79.9. The highest BCUT2D eigenvalue weighted by Gasteiger charge is 2.21. The minimum atomic E-state index is -1.00. The first-order chi connectivity index (χ1) is 15.6. The first-order valence-corrected chi connectivity index (χ1v) is 11.2. The lowest BCUT2D eigenvalue weighted by Gasteiger charge is -2.17. The van der Waals surface area contributed by atoms with E-state index < -0.39 is 23.0 Å². The number of amides is 1. The summed E-state index contributed by atoms with van der Waals surface area (Å²) in [6.45, 7) is 3.32. The molecule has 1 unspecified atom stereocenters. The van der Waals surface area contributed by atoms with E-state index >= 15 is 0 Å². The van der Waals surface area contributed by atoms with Gasteiger partial charge in [0.1, 0.15) is 5.75 Å². The van der Waals surface area contributed by atoms with Crippen molar-refractivity contribution in [3.8, 4) is 5.75 Å². The SMILES string of the molecule is Cc1cc(C(C)O)c([N+](=O)[O-])cc1OCCCC(=O)N[C@H](CC(=O)O)Cc1ccc(Br)cc1. The normalized spacial score (nSPS) is 12.6. The number of carboxylic acids is 1. The molecule has 2 aromatic rings. The Hall–Kier alpha value is -2.98. The van der Waals surface area contributed by atoms with Crippen molar-refractivity contribution in [2.75, 3.05) is 6.61 Å². The predicted molar refractivity (Wildman–Crippen MR) is 125 cm³/mol. The molecule has 2 aromatic carbocycles. The molecule has 0 spiro atoms. The van der Waals surface area contributed by atoms with Crippen LogP contribution in [0, 0.1) is 17.0 Å².